The van der Waals surface area contributed by atoms with Crippen molar-refractivity contribution in [3.05, 3.63) is 59.1 Å². The lowest BCUT2D eigenvalue weighted by Crippen LogP contribution is -2.30. The second-order valence-corrected chi connectivity index (χ2v) is 7.49. The topological polar surface area (TPSA) is 61.4 Å². The Morgan fingerprint density at radius 2 is 1.71 bits per heavy atom. The van der Waals surface area contributed by atoms with Gasteiger partial charge in [-0.2, -0.15) is 0 Å². The van der Waals surface area contributed by atoms with Crippen LogP contribution < -0.4 is 15.5 Å². The summed E-state index contributed by atoms with van der Waals surface area (Å²) in [4.78, 5) is 26.4. The molecule has 0 aromatic heterocycles. The monoisotopic (exact) mass is 399 g/mol. The summed E-state index contributed by atoms with van der Waals surface area (Å²) in [5.74, 6) is -0.601. The number of hydrogen-bond acceptors (Lipinski definition) is 3. The van der Waals surface area contributed by atoms with Crippen LogP contribution in [0.25, 0.3) is 0 Å². The summed E-state index contributed by atoms with van der Waals surface area (Å²) >= 11 is 5.94. The molecule has 0 radical (unpaired) electrons. The fourth-order valence-corrected chi connectivity index (χ4v) is 3.57. The molecule has 2 amide bonds. The van der Waals surface area contributed by atoms with Crippen LogP contribution in [0.4, 0.5) is 11.4 Å². The van der Waals surface area contributed by atoms with E-state index in [1.165, 1.54) is 24.9 Å². The second-order valence-electron chi connectivity index (χ2n) is 7.05. The summed E-state index contributed by atoms with van der Waals surface area (Å²) in [5, 5.41) is 6.23. The summed E-state index contributed by atoms with van der Waals surface area (Å²) in [7, 11) is 0. The molecule has 0 aliphatic carbocycles. The number of amides is 2. The number of carbonyl (C=O) groups excluding carboxylic acids is 2. The van der Waals surface area contributed by atoms with Gasteiger partial charge in [0.1, 0.15) is 6.42 Å². The van der Waals surface area contributed by atoms with E-state index in [4.69, 9.17) is 11.6 Å². The Morgan fingerprint density at radius 3 is 2.43 bits per heavy atom. The highest BCUT2D eigenvalue weighted by Crippen LogP contribution is 2.21. The molecule has 5 nitrogen and oxygen atoms in total. The maximum Gasteiger partial charge on any atom is 0.233 e. The minimum absolute atomic E-state index is 0.191. The van der Waals surface area contributed by atoms with Crippen molar-refractivity contribution in [2.24, 2.45) is 0 Å². The lowest BCUT2D eigenvalue weighted by atomic mass is 10.1. The number of benzene rings is 2. The van der Waals surface area contributed by atoms with Crippen molar-refractivity contribution in [1.82, 2.24) is 5.32 Å². The number of halogens is 1. The van der Waals surface area contributed by atoms with Gasteiger partial charge in [0, 0.05) is 36.0 Å². The van der Waals surface area contributed by atoms with E-state index >= 15 is 0 Å². The SMILES string of the molecule is O=C(CC(=O)Nc1ccc(N2CCCCC2)cc1)NCCc1cccc(Cl)c1. The molecule has 2 aromatic rings. The molecule has 0 bridgehead atoms. The van der Waals surface area contributed by atoms with E-state index in [1.807, 2.05) is 48.5 Å². The first-order chi connectivity index (χ1) is 13.6. The second kappa shape index (κ2) is 10.1. The fourth-order valence-electron chi connectivity index (χ4n) is 3.36. The lowest BCUT2D eigenvalue weighted by molar-refractivity contribution is -0.126. The van der Waals surface area contributed by atoms with Gasteiger partial charge in [-0.15, -0.1) is 0 Å². The molecule has 0 spiro atoms. The molecule has 2 N–H and O–H groups in total. The van der Waals surface area contributed by atoms with Gasteiger partial charge >= 0.3 is 0 Å². The summed E-state index contributed by atoms with van der Waals surface area (Å²) < 4.78 is 0. The van der Waals surface area contributed by atoms with Gasteiger partial charge in [0.05, 0.1) is 0 Å². The Labute approximate surface area is 171 Å². The van der Waals surface area contributed by atoms with Gasteiger partial charge in [0.2, 0.25) is 11.8 Å². The lowest BCUT2D eigenvalue weighted by Gasteiger charge is -2.28. The van der Waals surface area contributed by atoms with Crippen LogP contribution in [0, 0.1) is 0 Å². The molecule has 1 aliphatic heterocycles. The number of nitrogens with one attached hydrogen (secondary N) is 2. The van der Waals surface area contributed by atoms with Crippen molar-refractivity contribution in [3.63, 3.8) is 0 Å². The molecular formula is C22H26ClN3O2. The molecule has 6 heteroatoms. The largest absolute Gasteiger partial charge is 0.372 e. The standard InChI is InChI=1S/C22H26ClN3O2/c23-18-6-4-5-17(15-18)11-12-24-21(27)16-22(28)25-19-7-9-20(10-8-19)26-13-2-1-3-14-26/h4-10,15H,1-3,11-14,16H2,(H,24,27)(H,25,28). The van der Waals surface area contributed by atoms with E-state index in [0.717, 1.165) is 18.7 Å². The van der Waals surface area contributed by atoms with Crippen molar-refractivity contribution >= 4 is 34.8 Å². The number of nitrogens with zero attached hydrogens (tertiary/aromatic N) is 1. The van der Waals surface area contributed by atoms with Crippen molar-refractivity contribution in [2.45, 2.75) is 32.1 Å². The Morgan fingerprint density at radius 1 is 0.964 bits per heavy atom. The van der Waals surface area contributed by atoms with Gasteiger partial charge in [0.25, 0.3) is 0 Å². The number of carbonyl (C=O) groups is 2. The van der Waals surface area contributed by atoms with E-state index < -0.39 is 0 Å². The zero-order chi connectivity index (χ0) is 19.8. The van der Waals surface area contributed by atoms with Crippen molar-refractivity contribution in [2.75, 3.05) is 29.9 Å². The van der Waals surface area contributed by atoms with Gasteiger partial charge in [-0.25, -0.2) is 0 Å². The molecule has 0 saturated carbocycles. The molecular weight excluding hydrogens is 374 g/mol. The van der Waals surface area contributed by atoms with Crippen LogP contribution in [-0.2, 0) is 16.0 Å². The van der Waals surface area contributed by atoms with Crippen LogP contribution >= 0.6 is 11.6 Å². The third-order valence-electron chi connectivity index (χ3n) is 4.82. The van der Waals surface area contributed by atoms with Crippen LogP contribution in [0.2, 0.25) is 5.02 Å². The van der Waals surface area contributed by atoms with E-state index in [9.17, 15) is 9.59 Å². The molecule has 3 rings (SSSR count). The highest BCUT2D eigenvalue weighted by molar-refractivity contribution is 6.30. The molecule has 0 atom stereocenters. The Kier molecular flexibility index (Phi) is 7.31. The zero-order valence-corrected chi connectivity index (χ0v) is 16.7. The maximum absolute atomic E-state index is 12.1. The van der Waals surface area contributed by atoms with Crippen LogP contribution in [0.1, 0.15) is 31.2 Å². The molecule has 1 fully saturated rings. The number of hydrogen-bond donors (Lipinski definition) is 2. The van der Waals surface area contributed by atoms with Gasteiger partial charge in [-0.05, 0) is 67.6 Å². The van der Waals surface area contributed by atoms with Crippen molar-refractivity contribution < 1.29 is 9.59 Å². The highest BCUT2D eigenvalue weighted by atomic mass is 35.5. The summed E-state index contributed by atoms with van der Waals surface area (Å²) in [6.07, 6.45) is 4.23. The van der Waals surface area contributed by atoms with Gasteiger partial charge in [-0.3, -0.25) is 9.59 Å². The first-order valence-corrected chi connectivity index (χ1v) is 10.1. The predicted octanol–water partition coefficient (Wildman–Crippen LogP) is 4.02. The zero-order valence-electron chi connectivity index (χ0n) is 15.9. The van der Waals surface area contributed by atoms with E-state index in [1.54, 1.807) is 0 Å². The molecule has 1 saturated heterocycles. The summed E-state index contributed by atoms with van der Waals surface area (Å²) in [6, 6.07) is 15.3. The first kappa shape index (κ1) is 20.2. The molecule has 1 heterocycles. The third-order valence-corrected chi connectivity index (χ3v) is 5.05. The Balaban J connectivity index is 1.40. The number of piperidine rings is 1. The molecule has 148 valence electrons. The molecule has 1 aliphatic rings. The fraction of sp³-hybridized carbons (Fsp3) is 0.364. The van der Waals surface area contributed by atoms with Crippen LogP contribution in [-0.4, -0.2) is 31.4 Å². The molecule has 28 heavy (non-hydrogen) atoms. The van der Waals surface area contributed by atoms with E-state index in [0.29, 0.717) is 23.7 Å². The summed E-state index contributed by atoms with van der Waals surface area (Å²) in [6.45, 7) is 2.64. The van der Waals surface area contributed by atoms with Crippen LogP contribution in [0.5, 0.6) is 0 Å². The number of rotatable bonds is 7. The van der Waals surface area contributed by atoms with Crippen molar-refractivity contribution in [1.29, 1.82) is 0 Å². The highest BCUT2D eigenvalue weighted by Gasteiger charge is 2.12. The predicted molar refractivity (Wildman–Crippen MR) is 114 cm³/mol. The molecule has 2 aromatic carbocycles. The van der Waals surface area contributed by atoms with Gasteiger partial charge in [0.15, 0.2) is 0 Å². The van der Waals surface area contributed by atoms with Crippen LogP contribution in [0.15, 0.2) is 48.5 Å². The van der Waals surface area contributed by atoms with E-state index in [-0.39, 0.29) is 18.2 Å². The maximum atomic E-state index is 12.1. The Hall–Kier alpha value is -2.53. The normalized spacial score (nSPS) is 13.8. The van der Waals surface area contributed by atoms with E-state index in [2.05, 4.69) is 15.5 Å². The summed E-state index contributed by atoms with van der Waals surface area (Å²) in [5.41, 5.74) is 2.93. The average molecular weight is 400 g/mol. The molecule has 0 unspecified atom stereocenters. The quantitative estimate of drug-likeness (QED) is 0.691. The van der Waals surface area contributed by atoms with Crippen LogP contribution in [0.3, 0.4) is 0 Å². The number of anilines is 2. The Bertz CT molecular complexity index is 802. The smallest absolute Gasteiger partial charge is 0.233 e. The van der Waals surface area contributed by atoms with Crippen molar-refractivity contribution in [3.8, 4) is 0 Å². The third kappa shape index (κ3) is 6.27. The van der Waals surface area contributed by atoms with Gasteiger partial charge < -0.3 is 15.5 Å². The van der Waals surface area contributed by atoms with Gasteiger partial charge in [-0.1, -0.05) is 23.7 Å². The first-order valence-electron chi connectivity index (χ1n) is 9.76. The minimum atomic E-state index is -0.314. The average Bonchev–Trinajstić information content (AvgIpc) is 2.69. The minimum Gasteiger partial charge on any atom is -0.372 e.